The van der Waals surface area contributed by atoms with Gasteiger partial charge in [0, 0.05) is 13.1 Å². The van der Waals surface area contributed by atoms with Crippen molar-refractivity contribution < 1.29 is 9.53 Å². The van der Waals surface area contributed by atoms with E-state index in [0.717, 1.165) is 28.6 Å². The van der Waals surface area contributed by atoms with Crippen LogP contribution in [-0.2, 0) is 4.79 Å². The van der Waals surface area contributed by atoms with Gasteiger partial charge in [0.05, 0.1) is 18.6 Å². The smallest absolute Gasteiger partial charge is 0.233 e. The molecule has 1 aromatic heterocycles. The molecule has 1 fully saturated rings. The zero-order chi connectivity index (χ0) is 18.4. The summed E-state index contributed by atoms with van der Waals surface area (Å²) in [6, 6.07) is 8.06. The standard InChI is InChI=1S/C18H24N4O2S2/c1-22(13-8-4-3-5-9-13)16(23)12-25-18-21-20-17(26-18)19-14-10-6-7-11-15(14)24-2/h6-7,10-11,13H,3-5,8-9,12H2,1-2H3,(H,19,20). The van der Waals surface area contributed by atoms with Gasteiger partial charge in [-0.15, -0.1) is 10.2 Å². The molecule has 3 rings (SSSR count). The lowest BCUT2D eigenvalue weighted by atomic mass is 9.94. The van der Waals surface area contributed by atoms with Gasteiger partial charge in [0.2, 0.25) is 11.0 Å². The van der Waals surface area contributed by atoms with Crippen molar-refractivity contribution in [3.05, 3.63) is 24.3 Å². The van der Waals surface area contributed by atoms with Gasteiger partial charge in [-0.05, 0) is 25.0 Å². The van der Waals surface area contributed by atoms with Crippen LogP contribution in [0.15, 0.2) is 28.6 Å². The van der Waals surface area contributed by atoms with Crippen molar-refractivity contribution in [3.63, 3.8) is 0 Å². The van der Waals surface area contributed by atoms with Gasteiger partial charge in [-0.2, -0.15) is 0 Å². The van der Waals surface area contributed by atoms with Gasteiger partial charge in [0.15, 0.2) is 4.34 Å². The lowest BCUT2D eigenvalue weighted by molar-refractivity contribution is -0.129. The third kappa shape index (κ3) is 4.88. The average Bonchev–Trinajstić information content (AvgIpc) is 3.14. The third-order valence-electron chi connectivity index (χ3n) is 4.59. The molecule has 1 N–H and O–H groups in total. The summed E-state index contributed by atoms with van der Waals surface area (Å²) in [5.41, 5.74) is 0.843. The summed E-state index contributed by atoms with van der Waals surface area (Å²) in [6.07, 6.45) is 5.99. The summed E-state index contributed by atoms with van der Waals surface area (Å²) in [5, 5.41) is 12.2. The maximum atomic E-state index is 12.4. The van der Waals surface area contributed by atoms with E-state index in [0.29, 0.717) is 16.9 Å². The van der Waals surface area contributed by atoms with Gasteiger partial charge < -0.3 is 15.0 Å². The number of ether oxygens (including phenoxy) is 1. The summed E-state index contributed by atoms with van der Waals surface area (Å²) >= 11 is 2.88. The van der Waals surface area contributed by atoms with Crippen LogP contribution in [0.2, 0.25) is 0 Å². The first-order chi connectivity index (χ1) is 12.7. The van der Waals surface area contributed by atoms with Crippen molar-refractivity contribution in [1.29, 1.82) is 0 Å². The van der Waals surface area contributed by atoms with Crippen molar-refractivity contribution in [3.8, 4) is 5.75 Å². The maximum Gasteiger partial charge on any atom is 0.233 e. The Balaban J connectivity index is 1.52. The second-order valence-corrected chi connectivity index (χ2v) is 8.48. The highest BCUT2D eigenvalue weighted by Gasteiger charge is 2.22. The molecule has 0 spiro atoms. The zero-order valence-electron chi connectivity index (χ0n) is 15.1. The maximum absolute atomic E-state index is 12.4. The number of methoxy groups -OCH3 is 1. The van der Waals surface area contributed by atoms with E-state index in [9.17, 15) is 4.79 Å². The van der Waals surface area contributed by atoms with Crippen molar-refractivity contribution in [2.75, 3.05) is 25.2 Å². The highest BCUT2D eigenvalue weighted by atomic mass is 32.2. The number of amides is 1. The molecule has 0 aliphatic heterocycles. The Labute approximate surface area is 162 Å². The highest BCUT2D eigenvalue weighted by molar-refractivity contribution is 8.01. The number of hydrogen-bond donors (Lipinski definition) is 1. The number of hydrogen-bond acceptors (Lipinski definition) is 7. The van der Waals surface area contributed by atoms with Crippen LogP contribution < -0.4 is 10.1 Å². The van der Waals surface area contributed by atoms with Crippen LogP contribution in [0.4, 0.5) is 10.8 Å². The summed E-state index contributed by atoms with van der Waals surface area (Å²) in [7, 11) is 3.56. The van der Waals surface area contributed by atoms with Gasteiger partial charge in [-0.1, -0.05) is 54.5 Å². The molecule has 6 nitrogen and oxygen atoms in total. The molecule has 0 saturated heterocycles. The predicted octanol–water partition coefficient (Wildman–Crippen LogP) is 4.17. The van der Waals surface area contributed by atoms with Crippen LogP contribution in [0.1, 0.15) is 32.1 Å². The van der Waals surface area contributed by atoms with Crippen molar-refractivity contribution in [2.24, 2.45) is 0 Å². The number of carbonyl (C=O) groups is 1. The molecular formula is C18H24N4O2S2. The molecule has 1 heterocycles. The molecule has 0 atom stereocenters. The van der Waals surface area contributed by atoms with E-state index in [2.05, 4.69) is 15.5 Å². The lowest BCUT2D eigenvalue weighted by Gasteiger charge is -2.31. The molecule has 0 unspecified atom stereocenters. The molecule has 140 valence electrons. The number of thioether (sulfide) groups is 1. The number of nitrogens with zero attached hydrogens (tertiary/aromatic N) is 3. The van der Waals surface area contributed by atoms with Crippen LogP contribution in [-0.4, -0.2) is 47.0 Å². The zero-order valence-corrected chi connectivity index (χ0v) is 16.7. The number of benzene rings is 1. The molecule has 2 aromatic rings. The minimum atomic E-state index is 0.163. The Hall–Kier alpha value is -1.80. The highest BCUT2D eigenvalue weighted by Crippen LogP contribution is 2.31. The second-order valence-electron chi connectivity index (χ2n) is 6.28. The van der Waals surface area contributed by atoms with Crippen LogP contribution in [0, 0.1) is 0 Å². The third-order valence-corrected chi connectivity index (χ3v) is 6.55. The fourth-order valence-electron chi connectivity index (χ4n) is 3.08. The lowest BCUT2D eigenvalue weighted by Crippen LogP contribution is -2.39. The van der Waals surface area contributed by atoms with Gasteiger partial charge in [0.1, 0.15) is 5.75 Å². The molecule has 1 aromatic carbocycles. The van der Waals surface area contributed by atoms with E-state index < -0.39 is 0 Å². The number of carbonyl (C=O) groups excluding carboxylic acids is 1. The number of aromatic nitrogens is 2. The van der Waals surface area contributed by atoms with Crippen LogP contribution in [0.3, 0.4) is 0 Å². The fourth-order valence-corrected chi connectivity index (χ4v) is 4.77. The van der Waals surface area contributed by atoms with E-state index in [4.69, 9.17) is 4.74 Å². The minimum absolute atomic E-state index is 0.163. The van der Waals surface area contributed by atoms with E-state index in [1.54, 1.807) is 7.11 Å². The fraction of sp³-hybridized carbons (Fsp3) is 0.500. The van der Waals surface area contributed by atoms with E-state index >= 15 is 0 Å². The molecular weight excluding hydrogens is 368 g/mol. The molecule has 0 radical (unpaired) electrons. The van der Waals surface area contributed by atoms with Gasteiger partial charge in [-0.3, -0.25) is 4.79 Å². The Morgan fingerprint density at radius 1 is 1.31 bits per heavy atom. The number of rotatable bonds is 7. The van der Waals surface area contributed by atoms with E-state index in [1.165, 1.54) is 42.4 Å². The predicted molar refractivity (Wildman–Crippen MR) is 107 cm³/mol. The monoisotopic (exact) mass is 392 g/mol. The molecule has 1 aliphatic rings. The second kappa shape index (κ2) is 9.23. The number of para-hydroxylation sites is 2. The molecule has 8 heteroatoms. The molecule has 0 bridgehead atoms. The first kappa shape index (κ1) is 19.0. The summed E-state index contributed by atoms with van der Waals surface area (Å²) < 4.78 is 6.11. The summed E-state index contributed by atoms with van der Waals surface area (Å²) in [4.78, 5) is 14.3. The topological polar surface area (TPSA) is 67.3 Å². The van der Waals surface area contributed by atoms with Crippen molar-refractivity contribution >= 4 is 39.8 Å². The Morgan fingerprint density at radius 2 is 2.08 bits per heavy atom. The molecule has 1 amide bonds. The van der Waals surface area contributed by atoms with Crippen LogP contribution in [0.5, 0.6) is 5.75 Å². The SMILES string of the molecule is COc1ccccc1Nc1nnc(SCC(=O)N(C)C2CCCCC2)s1. The van der Waals surface area contributed by atoms with Crippen molar-refractivity contribution in [1.82, 2.24) is 15.1 Å². The number of anilines is 2. The Morgan fingerprint density at radius 3 is 2.85 bits per heavy atom. The van der Waals surface area contributed by atoms with E-state index in [1.807, 2.05) is 36.2 Å². The molecule has 1 aliphatic carbocycles. The molecule has 26 heavy (non-hydrogen) atoms. The van der Waals surface area contributed by atoms with Gasteiger partial charge in [-0.25, -0.2) is 0 Å². The minimum Gasteiger partial charge on any atom is -0.495 e. The molecule has 1 saturated carbocycles. The van der Waals surface area contributed by atoms with Gasteiger partial charge in [0.25, 0.3) is 0 Å². The normalized spacial score (nSPS) is 14.8. The first-order valence-electron chi connectivity index (χ1n) is 8.79. The van der Waals surface area contributed by atoms with Crippen LogP contribution >= 0.6 is 23.1 Å². The average molecular weight is 393 g/mol. The summed E-state index contributed by atoms with van der Waals surface area (Å²) in [6.45, 7) is 0. The van der Waals surface area contributed by atoms with Gasteiger partial charge >= 0.3 is 0 Å². The quantitative estimate of drug-likeness (QED) is 0.713. The largest absolute Gasteiger partial charge is 0.495 e. The van der Waals surface area contributed by atoms with E-state index in [-0.39, 0.29) is 5.91 Å². The number of nitrogens with one attached hydrogen (secondary N) is 1. The Kier molecular flexibility index (Phi) is 6.73. The summed E-state index contributed by atoms with van der Waals surface area (Å²) in [5.74, 6) is 1.31. The Bertz CT molecular complexity index is 731. The van der Waals surface area contributed by atoms with Crippen molar-refractivity contribution in [2.45, 2.75) is 42.5 Å². The van der Waals surface area contributed by atoms with Crippen LogP contribution in [0.25, 0.3) is 0 Å². The first-order valence-corrected chi connectivity index (χ1v) is 10.6.